The zero-order chi connectivity index (χ0) is 16.1. The molecule has 2 aromatic rings. The van der Waals surface area contributed by atoms with Crippen molar-refractivity contribution in [2.75, 3.05) is 36.0 Å². The molecule has 0 unspecified atom stereocenters. The fourth-order valence-corrected chi connectivity index (χ4v) is 2.90. The van der Waals surface area contributed by atoms with Gasteiger partial charge >= 0.3 is 0 Å². The Bertz CT molecular complexity index is 638. The second-order valence-corrected chi connectivity index (χ2v) is 6.03. The Labute approximate surface area is 139 Å². The van der Waals surface area contributed by atoms with Crippen molar-refractivity contribution in [1.82, 2.24) is 0 Å². The summed E-state index contributed by atoms with van der Waals surface area (Å²) in [6.07, 6.45) is 1.00. The molecule has 120 valence electrons. The quantitative estimate of drug-likeness (QED) is 0.774. The monoisotopic (exact) mass is 307 g/mol. The summed E-state index contributed by atoms with van der Waals surface area (Å²) in [5.74, 6) is 0. The molecule has 0 saturated carbocycles. The lowest BCUT2D eigenvalue weighted by Crippen LogP contribution is -2.46. The van der Waals surface area contributed by atoms with Gasteiger partial charge < -0.3 is 9.80 Å². The largest absolute Gasteiger partial charge is 0.368 e. The van der Waals surface area contributed by atoms with Gasteiger partial charge in [0.1, 0.15) is 0 Å². The minimum absolute atomic E-state index is 1.00. The molecule has 1 saturated heterocycles. The maximum Gasteiger partial charge on any atom is 0.0630 e. The summed E-state index contributed by atoms with van der Waals surface area (Å²) in [5, 5.41) is 0. The van der Waals surface area contributed by atoms with Gasteiger partial charge in [0.15, 0.2) is 0 Å². The Hall–Kier alpha value is -2.29. The fourth-order valence-electron chi connectivity index (χ4n) is 2.90. The van der Waals surface area contributed by atoms with Gasteiger partial charge in [0.05, 0.1) is 5.69 Å². The molecule has 0 radical (unpaired) electrons. The number of para-hydroxylation sites is 1. The number of rotatable bonds is 4. The lowest BCUT2D eigenvalue weighted by molar-refractivity contribution is 0.653. The Morgan fingerprint density at radius 2 is 1.35 bits per heavy atom. The first kappa shape index (κ1) is 15.6. The summed E-state index contributed by atoms with van der Waals surface area (Å²) in [7, 11) is 0. The maximum atomic E-state index is 4.61. The lowest BCUT2D eigenvalue weighted by Gasteiger charge is -2.37. The van der Waals surface area contributed by atoms with Gasteiger partial charge in [-0.3, -0.25) is 4.99 Å². The third kappa shape index (κ3) is 3.92. The van der Waals surface area contributed by atoms with Gasteiger partial charge in [-0.1, -0.05) is 25.1 Å². The molecule has 1 aliphatic rings. The van der Waals surface area contributed by atoms with Crippen molar-refractivity contribution in [3.05, 3.63) is 54.6 Å². The first-order chi connectivity index (χ1) is 11.3. The molecule has 0 aliphatic carbocycles. The van der Waals surface area contributed by atoms with Crippen molar-refractivity contribution >= 4 is 22.8 Å². The topological polar surface area (TPSA) is 18.8 Å². The molecule has 1 fully saturated rings. The van der Waals surface area contributed by atoms with Crippen LogP contribution < -0.4 is 9.80 Å². The second-order valence-electron chi connectivity index (χ2n) is 6.03. The highest BCUT2D eigenvalue weighted by molar-refractivity contribution is 5.84. The van der Waals surface area contributed by atoms with Gasteiger partial charge in [-0.25, -0.2) is 0 Å². The normalized spacial score (nSPS) is 15.8. The molecule has 0 spiro atoms. The van der Waals surface area contributed by atoms with Gasteiger partial charge in [0.2, 0.25) is 0 Å². The van der Waals surface area contributed by atoms with Gasteiger partial charge in [0.25, 0.3) is 0 Å². The van der Waals surface area contributed by atoms with Crippen LogP contribution in [0.4, 0.5) is 17.1 Å². The molecule has 0 bridgehead atoms. The van der Waals surface area contributed by atoms with E-state index in [1.165, 1.54) is 17.1 Å². The SMILES string of the molecule is CCC(C)=Nc1ccc(N2CCN(c3ccccc3)CC2)cc1. The Kier molecular flexibility index (Phi) is 4.96. The number of piperazine rings is 1. The third-order valence-electron chi connectivity index (χ3n) is 4.45. The predicted molar refractivity (Wildman–Crippen MR) is 100 cm³/mol. The highest BCUT2D eigenvalue weighted by atomic mass is 15.3. The van der Waals surface area contributed by atoms with Gasteiger partial charge in [-0.2, -0.15) is 0 Å². The number of hydrogen-bond acceptors (Lipinski definition) is 3. The van der Waals surface area contributed by atoms with Crippen LogP contribution in [0.5, 0.6) is 0 Å². The maximum absolute atomic E-state index is 4.61. The average molecular weight is 307 g/mol. The van der Waals surface area contributed by atoms with E-state index in [4.69, 9.17) is 0 Å². The van der Waals surface area contributed by atoms with Crippen LogP contribution in [0.15, 0.2) is 59.6 Å². The van der Waals surface area contributed by atoms with E-state index in [1.54, 1.807) is 0 Å². The fraction of sp³-hybridized carbons (Fsp3) is 0.350. The van der Waals surface area contributed by atoms with Crippen LogP contribution in [0.2, 0.25) is 0 Å². The van der Waals surface area contributed by atoms with Crippen LogP contribution in [-0.2, 0) is 0 Å². The molecular formula is C20H25N3. The van der Waals surface area contributed by atoms with E-state index in [9.17, 15) is 0 Å². The molecule has 1 heterocycles. The first-order valence-corrected chi connectivity index (χ1v) is 8.45. The van der Waals surface area contributed by atoms with E-state index in [1.807, 2.05) is 0 Å². The van der Waals surface area contributed by atoms with Crippen LogP contribution in [0, 0.1) is 0 Å². The molecule has 0 aromatic heterocycles. The summed E-state index contributed by atoms with van der Waals surface area (Å²) in [5.41, 5.74) is 4.85. The van der Waals surface area contributed by atoms with E-state index in [0.29, 0.717) is 0 Å². The number of hydrogen-bond donors (Lipinski definition) is 0. The molecule has 3 rings (SSSR count). The molecule has 3 nitrogen and oxygen atoms in total. The highest BCUT2D eigenvalue weighted by Crippen LogP contribution is 2.23. The van der Waals surface area contributed by atoms with Crippen LogP contribution in [0.3, 0.4) is 0 Å². The molecular weight excluding hydrogens is 282 g/mol. The van der Waals surface area contributed by atoms with Gasteiger partial charge in [0, 0.05) is 43.3 Å². The van der Waals surface area contributed by atoms with Crippen LogP contribution >= 0.6 is 0 Å². The van der Waals surface area contributed by atoms with E-state index in [-0.39, 0.29) is 0 Å². The second kappa shape index (κ2) is 7.32. The number of benzene rings is 2. The van der Waals surface area contributed by atoms with Crippen molar-refractivity contribution in [3.8, 4) is 0 Å². The standard InChI is InChI=1S/C20H25N3/c1-3-17(2)21-18-9-11-20(12-10-18)23-15-13-22(14-16-23)19-7-5-4-6-8-19/h4-12H,3,13-16H2,1-2H3. The lowest BCUT2D eigenvalue weighted by atomic mass is 10.2. The molecule has 0 atom stereocenters. The van der Waals surface area contributed by atoms with Crippen molar-refractivity contribution in [2.45, 2.75) is 20.3 Å². The minimum atomic E-state index is 1.00. The van der Waals surface area contributed by atoms with Gasteiger partial charge in [-0.05, 0) is 49.7 Å². The average Bonchev–Trinajstić information content (AvgIpc) is 2.63. The Morgan fingerprint density at radius 3 is 1.87 bits per heavy atom. The summed E-state index contributed by atoms with van der Waals surface area (Å²) in [4.78, 5) is 9.52. The first-order valence-electron chi connectivity index (χ1n) is 8.45. The van der Waals surface area contributed by atoms with Crippen LogP contribution in [-0.4, -0.2) is 31.9 Å². The van der Waals surface area contributed by atoms with Crippen LogP contribution in [0.25, 0.3) is 0 Å². The third-order valence-corrected chi connectivity index (χ3v) is 4.45. The predicted octanol–water partition coefficient (Wildman–Crippen LogP) is 4.52. The molecule has 2 aromatic carbocycles. The number of anilines is 2. The Balaban J connectivity index is 1.61. The van der Waals surface area contributed by atoms with Crippen molar-refractivity contribution in [3.63, 3.8) is 0 Å². The molecule has 0 amide bonds. The minimum Gasteiger partial charge on any atom is -0.368 e. The zero-order valence-corrected chi connectivity index (χ0v) is 14.1. The molecule has 1 aliphatic heterocycles. The number of nitrogens with zero attached hydrogens (tertiary/aromatic N) is 3. The zero-order valence-electron chi connectivity index (χ0n) is 14.1. The number of aliphatic imine (C=N–C) groups is 1. The van der Waals surface area contributed by atoms with E-state index in [2.05, 4.69) is 83.2 Å². The summed E-state index contributed by atoms with van der Waals surface area (Å²) in [6.45, 7) is 8.48. The van der Waals surface area contributed by atoms with E-state index in [0.717, 1.165) is 38.3 Å². The smallest absolute Gasteiger partial charge is 0.0630 e. The highest BCUT2D eigenvalue weighted by Gasteiger charge is 2.17. The van der Waals surface area contributed by atoms with E-state index >= 15 is 0 Å². The molecule has 23 heavy (non-hydrogen) atoms. The summed E-state index contributed by atoms with van der Waals surface area (Å²) < 4.78 is 0. The van der Waals surface area contributed by atoms with Crippen molar-refractivity contribution in [1.29, 1.82) is 0 Å². The van der Waals surface area contributed by atoms with Crippen molar-refractivity contribution < 1.29 is 0 Å². The van der Waals surface area contributed by atoms with Gasteiger partial charge in [-0.15, -0.1) is 0 Å². The molecule has 3 heteroatoms. The Morgan fingerprint density at radius 1 is 0.826 bits per heavy atom. The molecule has 0 N–H and O–H groups in total. The van der Waals surface area contributed by atoms with E-state index < -0.39 is 0 Å². The summed E-state index contributed by atoms with van der Waals surface area (Å²) in [6, 6.07) is 19.3. The van der Waals surface area contributed by atoms with Crippen LogP contribution in [0.1, 0.15) is 20.3 Å². The summed E-state index contributed by atoms with van der Waals surface area (Å²) >= 11 is 0. The van der Waals surface area contributed by atoms with Crippen molar-refractivity contribution in [2.24, 2.45) is 4.99 Å².